The van der Waals surface area contributed by atoms with E-state index in [1.54, 1.807) is 24.3 Å². The fourth-order valence-electron chi connectivity index (χ4n) is 9.13. The second-order valence-electron chi connectivity index (χ2n) is 16.7. The Morgan fingerprint density at radius 3 is 1.30 bits per heavy atom. The van der Waals surface area contributed by atoms with E-state index >= 15 is 0 Å². The number of nitrogens with zero attached hydrogens (tertiary/aromatic N) is 2. The number of rotatable bonds is 20. The fourth-order valence-corrected chi connectivity index (χ4v) is 9.13. The van der Waals surface area contributed by atoms with E-state index in [1.807, 2.05) is 72.8 Å². The lowest BCUT2D eigenvalue weighted by atomic mass is 9.92. The molecule has 4 heterocycles. The van der Waals surface area contributed by atoms with Crippen LogP contribution in [0.15, 0.2) is 142 Å². The maximum Gasteiger partial charge on any atom is 0.341 e. The number of fused-ring (bicyclic) bond motifs is 2. The number of aliphatic hydroxyl groups is 1. The van der Waals surface area contributed by atoms with E-state index < -0.39 is 17.4 Å². The van der Waals surface area contributed by atoms with Crippen molar-refractivity contribution < 1.29 is 32.9 Å². The molecule has 0 radical (unpaired) electrons. The number of ether oxygens (including phenoxy) is 4. The molecule has 350 valence electrons. The molecule has 2 fully saturated rings. The minimum Gasteiger partial charge on any atom is -0.490 e. The van der Waals surface area contributed by atoms with E-state index in [0.717, 1.165) is 44.2 Å². The summed E-state index contributed by atoms with van der Waals surface area (Å²) in [6.07, 6.45) is 7.56. The van der Waals surface area contributed by atoms with Crippen LogP contribution >= 0.6 is 12.4 Å². The molecule has 0 aliphatic carbocycles. The van der Waals surface area contributed by atoms with Crippen LogP contribution < -0.4 is 20.7 Å². The van der Waals surface area contributed by atoms with Crippen molar-refractivity contribution in [2.45, 2.75) is 44.9 Å². The van der Waals surface area contributed by atoms with Gasteiger partial charge < -0.3 is 32.9 Å². The summed E-state index contributed by atoms with van der Waals surface area (Å²) in [5.41, 5.74) is 7.48. The summed E-state index contributed by atoms with van der Waals surface area (Å²) in [5, 5.41) is 13.2. The zero-order valence-electron chi connectivity index (χ0n) is 38.0. The van der Waals surface area contributed by atoms with Gasteiger partial charge in [-0.05, 0) is 60.1 Å². The molecular formula is C55H59ClN2O9. The Labute approximate surface area is 397 Å². The van der Waals surface area contributed by atoms with Crippen molar-refractivity contribution in [2.24, 2.45) is 0 Å². The van der Waals surface area contributed by atoms with Gasteiger partial charge in [-0.2, -0.15) is 0 Å². The lowest BCUT2D eigenvalue weighted by molar-refractivity contribution is 0.0338. The Balaban J connectivity index is 0.00000666. The highest BCUT2D eigenvalue weighted by Crippen LogP contribution is 2.41. The van der Waals surface area contributed by atoms with Gasteiger partial charge in [0.25, 0.3) is 0 Å². The Hall–Kier alpha value is -6.05. The third kappa shape index (κ3) is 10.9. The molecule has 2 aliphatic heterocycles. The number of benzene rings is 4. The number of aliphatic hydroxyl groups excluding tert-OH is 1. The summed E-state index contributed by atoms with van der Waals surface area (Å²) in [7, 11) is 0. The lowest BCUT2D eigenvalue weighted by Crippen LogP contribution is -2.37. The van der Waals surface area contributed by atoms with Crippen molar-refractivity contribution in [3.05, 3.63) is 178 Å². The highest BCUT2D eigenvalue weighted by molar-refractivity contribution is 5.99. The van der Waals surface area contributed by atoms with Crippen LogP contribution in [0, 0.1) is 0 Å². The average molecular weight is 928 g/mol. The van der Waals surface area contributed by atoms with Gasteiger partial charge in [-0.1, -0.05) is 85.0 Å². The molecule has 12 heteroatoms. The number of hydrogen-bond donors (Lipinski definition) is 1. The van der Waals surface area contributed by atoms with Gasteiger partial charge >= 0.3 is 11.3 Å². The van der Waals surface area contributed by atoms with E-state index in [0.29, 0.717) is 136 Å². The van der Waals surface area contributed by atoms with Crippen LogP contribution in [-0.4, -0.2) is 86.8 Å². The molecule has 1 N–H and O–H groups in total. The summed E-state index contributed by atoms with van der Waals surface area (Å²) in [4.78, 5) is 32.6. The minimum absolute atomic E-state index is 0. The summed E-state index contributed by atoms with van der Waals surface area (Å²) >= 11 is 0. The average Bonchev–Trinajstić information content (AvgIpc) is 3.33. The van der Waals surface area contributed by atoms with Gasteiger partial charge in [-0.25, -0.2) is 9.59 Å². The number of hydrogen-bond acceptors (Lipinski definition) is 11. The summed E-state index contributed by atoms with van der Waals surface area (Å²) < 4.78 is 36.8. The monoisotopic (exact) mass is 926 g/mol. The Morgan fingerprint density at radius 2 is 0.940 bits per heavy atom. The first-order valence-electron chi connectivity index (χ1n) is 22.7. The van der Waals surface area contributed by atoms with Crippen LogP contribution in [0.3, 0.4) is 0 Å². The zero-order chi connectivity index (χ0) is 46.0. The van der Waals surface area contributed by atoms with Crippen LogP contribution in [0.5, 0.6) is 11.5 Å². The highest BCUT2D eigenvalue weighted by Gasteiger charge is 2.28. The molecule has 0 unspecified atom stereocenters. The van der Waals surface area contributed by atoms with Crippen molar-refractivity contribution in [3.8, 4) is 33.8 Å². The van der Waals surface area contributed by atoms with Gasteiger partial charge in [-0.3, -0.25) is 9.80 Å². The lowest BCUT2D eigenvalue weighted by Gasteiger charge is -2.27. The van der Waals surface area contributed by atoms with Crippen LogP contribution in [-0.2, 0) is 48.2 Å². The highest BCUT2D eigenvalue weighted by atomic mass is 35.5. The molecule has 0 spiro atoms. The second kappa shape index (κ2) is 23.1. The second-order valence-corrected chi connectivity index (χ2v) is 16.7. The Kier molecular flexibility index (Phi) is 16.9. The molecule has 6 aromatic rings. The molecule has 67 heavy (non-hydrogen) atoms. The van der Waals surface area contributed by atoms with Crippen molar-refractivity contribution >= 4 is 34.3 Å². The molecule has 0 atom stereocenters. The SMILES string of the molecule is C=CCc1cc2c(-c3ccccc3)c(CN3CCOCC3)c(=O)oc2c(CC=C)c1OCC(O)COc1c(CC=C)cc2c(-c3ccccc3)c(CN3CCOCC3)c(=O)oc2c1CC=C.Cl. The van der Waals surface area contributed by atoms with Gasteiger partial charge in [0.2, 0.25) is 0 Å². The molecule has 2 saturated heterocycles. The van der Waals surface area contributed by atoms with Crippen LogP contribution in [0.2, 0.25) is 0 Å². The summed E-state index contributed by atoms with van der Waals surface area (Å²) in [6.45, 7) is 21.9. The Morgan fingerprint density at radius 1 is 0.567 bits per heavy atom. The predicted octanol–water partition coefficient (Wildman–Crippen LogP) is 9.05. The van der Waals surface area contributed by atoms with Crippen molar-refractivity contribution in [1.82, 2.24) is 9.80 Å². The maximum absolute atomic E-state index is 14.1. The summed E-state index contributed by atoms with van der Waals surface area (Å²) in [6, 6.07) is 23.8. The van der Waals surface area contributed by atoms with Gasteiger partial charge in [0.15, 0.2) is 0 Å². The zero-order valence-corrected chi connectivity index (χ0v) is 38.8. The molecule has 2 aliphatic rings. The van der Waals surface area contributed by atoms with Gasteiger partial charge in [0.1, 0.15) is 42.0 Å². The molecular weight excluding hydrogens is 868 g/mol. The first kappa shape index (κ1) is 48.9. The first-order chi connectivity index (χ1) is 32.3. The fraction of sp³-hybridized carbons (Fsp3) is 0.309. The molecule has 0 amide bonds. The first-order valence-corrected chi connectivity index (χ1v) is 22.7. The van der Waals surface area contributed by atoms with E-state index in [2.05, 4.69) is 36.1 Å². The third-order valence-corrected chi connectivity index (χ3v) is 12.2. The predicted molar refractivity (Wildman–Crippen MR) is 268 cm³/mol. The molecule has 0 bridgehead atoms. The van der Waals surface area contributed by atoms with Gasteiger partial charge in [0.05, 0.1) is 37.6 Å². The summed E-state index contributed by atoms with van der Waals surface area (Å²) in [5.74, 6) is 0.968. The van der Waals surface area contributed by atoms with Crippen LogP contribution in [0.25, 0.3) is 44.2 Å². The quantitative estimate of drug-likeness (QED) is 0.0583. The van der Waals surface area contributed by atoms with Crippen molar-refractivity contribution in [2.75, 3.05) is 65.8 Å². The molecule has 8 rings (SSSR count). The smallest absolute Gasteiger partial charge is 0.341 e. The molecule has 11 nitrogen and oxygen atoms in total. The van der Waals surface area contributed by atoms with Gasteiger partial charge in [0, 0.05) is 72.3 Å². The standard InChI is InChI=1S/C55H58N2O9.ClH/c1-5-15-39-31-44-48(37-19-11-9-12-20-37)46(33-56-23-27-61-28-24-56)54(59)65-52(44)42(17-7-3)50(39)63-35-41(58)36-64-51-40(16-6-2)32-45-49(38-21-13-10-14-22-38)47(34-57-25-29-62-30-26-57)55(60)66-53(45)43(51)18-8-4;/h5-14,19-22,31-32,41,58H,1-4,15-18,23-30,33-36H2;1H. The maximum atomic E-state index is 14.1. The van der Waals surface area contributed by atoms with Crippen molar-refractivity contribution in [3.63, 3.8) is 0 Å². The topological polar surface area (TPSA) is 124 Å². The van der Waals surface area contributed by atoms with E-state index in [1.165, 1.54) is 0 Å². The van der Waals surface area contributed by atoms with E-state index in [4.69, 9.17) is 27.8 Å². The normalized spacial score (nSPS) is 14.5. The number of halogens is 1. The molecule has 0 saturated carbocycles. The van der Waals surface area contributed by atoms with Crippen molar-refractivity contribution in [1.29, 1.82) is 0 Å². The molecule has 4 aromatic carbocycles. The largest absolute Gasteiger partial charge is 0.490 e. The van der Waals surface area contributed by atoms with E-state index in [-0.39, 0.29) is 25.6 Å². The number of morpholine rings is 2. The molecule has 2 aromatic heterocycles. The Bertz CT molecular complexity index is 2630. The number of allylic oxidation sites excluding steroid dienone is 4. The van der Waals surface area contributed by atoms with Crippen LogP contribution in [0.1, 0.15) is 33.4 Å². The van der Waals surface area contributed by atoms with Crippen LogP contribution in [0.4, 0.5) is 0 Å². The van der Waals surface area contributed by atoms with E-state index in [9.17, 15) is 14.7 Å². The van der Waals surface area contributed by atoms with Gasteiger partial charge in [-0.15, -0.1) is 38.7 Å². The minimum atomic E-state index is -1.11. The third-order valence-electron chi connectivity index (χ3n) is 12.2.